The van der Waals surface area contributed by atoms with Crippen molar-refractivity contribution in [2.45, 2.75) is 32.2 Å². The standard InChI is InChI=1S/C13H18BrN5/c1-3-4-10-12(14)13-15-6-5-11(19(13)17-10)9-7-16-18(2)8-9/h7-8,11,15H,3-6H2,1-2H3. The Labute approximate surface area is 121 Å². The van der Waals surface area contributed by atoms with Crippen LogP contribution < -0.4 is 5.32 Å². The van der Waals surface area contributed by atoms with Gasteiger partial charge in [-0.3, -0.25) is 4.68 Å². The summed E-state index contributed by atoms with van der Waals surface area (Å²) in [6.07, 6.45) is 7.16. The van der Waals surface area contributed by atoms with Crippen molar-refractivity contribution in [3.63, 3.8) is 0 Å². The van der Waals surface area contributed by atoms with E-state index in [2.05, 4.69) is 44.1 Å². The smallest absolute Gasteiger partial charge is 0.139 e. The van der Waals surface area contributed by atoms with E-state index < -0.39 is 0 Å². The number of hydrogen-bond acceptors (Lipinski definition) is 3. The van der Waals surface area contributed by atoms with Gasteiger partial charge in [-0.05, 0) is 28.8 Å². The molecule has 0 aromatic carbocycles. The van der Waals surface area contributed by atoms with Gasteiger partial charge in [0.05, 0.1) is 22.4 Å². The van der Waals surface area contributed by atoms with Crippen molar-refractivity contribution in [1.82, 2.24) is 19.6 Å². The Bertz CT molecular complexity index is 586. The van der Waals surface area contributed by atoms with Gasteiger partial charge in [-0.15, -0.1) is 0 Å². The second-order valence-electron chi connectivity index (χ2n) is 4.98. The quantitative estimate of drug-likeness (QED) is 0.944. The van der Waals surface area contributed by atoms with Crippen molar-refractivity contribution >= 4 is 21.7 Å². The van der Waals surface area contributed by atoms with Crippen molar-refractivity contribution < 1.29 is 0 Å². The molecule has 3 rings (SSSR count). The minimum atomic E-state index is 0.284. The lowest BCUT2D eigenvalue weighted by Crippen LogP contribution is -2.24. The number of halogens is 1. The van der Waals surface area contributed by atoms with E-state index in [0.717, 1.165) is 41.8 Å². The van der Waals surface area contributed by atoms with Crippen molar-refractivity contribution in [3.05, 3.63) is 28.1 Å². The number of nitrogens with one attached hydrogen (secondary N) is 1. The molecule has 1 N–H and O–H groups in total. The second-order valence-corrected chi connectivity index (χ2v) is 5.78. The van der Waals surface area contributed by atoms with E-state index in [1.165, 1.54) is 5.56 Å². The Morgan fingerprint density at radius 1 is 1.53 bits per heavy atom. The lowest BCUT2D eigenvalue weighted by Gasteiger charge is -2.25. The van der Waals surface area contributed by atoms with Gasteiger partial charge in [-0.1, -0.05) is 13.3 Å². The van der Waals surface area contributed by atoms with Crippen LogP contribution in [0.25, 0.3) is 0 Å². The lowest BCUT2D eigenvalue weighted by molar-refractivity contribution is 0.477. The van der Waals surface area contributed by atoms with Crippen LogP contribution >= 0.6 is 15.9 Å². The van der Waals surface area contributed by atoms with Gasteiger partial charge in [0.1, 0.15) is 5.82 Å². The first-order valence-electron chi connectivity index (χ1n) is 6.70. The van der Waals surface area contributed by atoms with Crippen molar-refractivity contribution in [3.8, 4) is 0 Å². The lowest BCUT2D eigenvalue weighted by atomic mass is 10.1. The van der Waals surface area contributed by atoms with Crippen molar-refractivity contribution in [2.75, 3.05) is 11.9 Å². The first kappa shape index (κ1) is 12.7. The van der Waals surface area contributed by atoms with Crippen LogP contribution in [0.4, 0.5) is 5.82 Å². The molecular weight excluding hydrogens is 306 g/mol. The predicted molar refractivity (Wildman–Crippen MR) is 78.4 cm³/mol. The Balaban J connectivity index is 2.02. The minimum Gasteiger partial charge on any atom is -0.369 e. The number of anilines is 1. The summed E-state index contributed by atoms with van der Waals surface area (Å²) in [4.78, 5) is 0. The van der Waals surface area contributed by atoms with Crippen LogP contribution in [0.5, 0.6) is 0 Å². The maximum atomic E-state index is 4.78. The minimum absolute atomic E-state index is 0.284. The van der Waals surface area contributed by atoms with E-state index in [1.54, 1.807) is 0 Å². The van der Waals surface area contributed by atoms with E-state index in [-0.39, 0.29) is 6.04 Å². The fourth-order valence-electron chi connectivity index (χ4n) is 2.61. The normalized spacial score (nSPS) is 18.2. The van der Waals surface area contributed by atoms with Gasteiger partial charge < -0.3 is 5.32 Å². The average molecular weight is 324 g/mol. The summed E-state index contributed by atoms with van der Waals surface area (Å²) in [6, 6.07) is 0.284. The molecule has 0 spiro atoms. The molecule has 0 radical (unpaired) electrons. The number of fused-ring (bicyclic) bond motifs is 1. The summed E-state index contributed by atoms with van der Waals surface area (Å²) in [5, 5.41) is 12.5. The number of hydrogen-bond donors (Lipinski definition) is 1. The molecule has 102 valence electrons. The third-order valence-electron chi connectivity index (χ3n) is 3.52. The van der Waals surface area contributed by atoms with Gasteiger partial charge in [0.2, 0.25) is 0 Å². The topological polar surface area (TPSA) is 47.7 Å². The molecule has 3 heterocycles. The first-order chi connectivity index (χ1) is 9.20. The molecular formula is C13H18BrN5. The molecule has 0 aliphatic carbocycles. The van der Waals surface area contributed by atoms with Crippen molar-refractivity contribution in [2.24, 2.45) is 7.05 Å². The van der Waals surface area contributed by atoms with E-state index >= 15 is 0 Å². The molecule has 2 aromatic rings. The van der Waals surface area contributed by atoms with Crippen molar-refractivity contribution in [1.29, 1.82) is 0 Å². The summed E-state index contributed by atoms with van der Waals surface area (Å²) in [5.41, 5.74) is 2.36. The largest absolute Gasteiger partial charge is 0.369 e. The van der Waals surface area contributed by atoms with Gasteiger partial charge in [-0.25, -0.2) is 4.68 Å². The molecule has 0 bridgehead atoms. The van der Waals surface area contributed by atoms with Crippen LogP contribution in [0.3, 0.4) is 0 Å². The van der Waals surface area contributed by atoms with E-state index in [9.17, 15) is 0 Å². The SMILES string of the molecule is CCCc1nn2c(c1Br)NCCC2c1cnn(C)c1. The molecule has 0 saturated carbocycles. The highest BCUT2D eigenvalue weighted by molar-refractivity contribution is 9.10. The number of rotatable bonds is 3. The summed E-state index contributed by atoms with van der Waals surface area (Å²) >= 11 is 3.68. The maximum absolute atomic E-state index is 4.78. The van der Waals surface area contributed by atoms with Gasteiger partial charge in [0.15, 0.2) is 0 Å². The maximum Gasteiger partial charge on any atom is 0.139 e. The molecule has 0 amide bonds. The van der Waals surface area contributed by atoms with E-state index in [0.29, 0.717) is 0 Å². The molecule has 1 atom stereocenters. The molecule has 5 nitrogen and oxygen atoms in total. The Morgan fingerprint density at radius 2 is 2.37 bits per heavy atom. The molecule has 1 unspecified atom stereocenters. The highest BCUT2D eigenvalue weighted by atomic mass is 79.9. The fourth-order valence-corrected chi connectivity index (χ4v) is 3.21. The van der Waals surface area contributed by atoms with E-state index in [4.69, 9.17) is 5.10 Å². The summed E-state index contributed by atoms with van der Waals surface area (Å²) < 4.78 is 5.07. The van der Waals surface area contributed by atoms with Gasteiger partial charge >= 0.3 is 0 Å². The van der Waals surface area contributed by atoms with Gasteiger partial charge in [0, 0.05) is 25.4 Å². The van der Waals surface area contributed by atoms with Crippen LogP contribution in [-0.4, -0.2) is 26.1 Å². The Morgan fingerprint density at radius 3 is 3.05 bits per heavy atom. The molecule has 19 heavy (non-hydrogen) atoms. The van der Waals surface area contributed by atoms with Gasteiger partial charge in [0.25, 0.3) is 0 Å². The number of aromatic nitrogens is 4. The average Bonchev–Trinajstić information content (AvgIpc) is 2.96. The third-order valence-corrected chi connectivity index (χ3v) is 4.35. The monoisotopic (exact) mass is 323 g/mol. The molecule has 1 aliphatic rings. The van der Waals surface area contributed by atoms with Crippen LogP contribution in [0.2, 0.25) is 0 Å². The Hall–Kier alpha value is -1.30. The zero-order chi connectivity index (χ0) is 13.4. The first-order valence-corrected chi connectivity index (χ1v) is 7.49. The van der Waals surface area contributed by atoms with Crippen LogP contribution in [-0.2, 0) is 13.5 Å². The fraction of sp³-hybridized carbons (Fsp3) is 0.538. The molecule has 1 aliphatic heterocycles. The summed E-state index contributed by atoms with van der Waals surface area (Å²) in [5.74, 6) is 1.10. The predicted octanol–water partition coefficient (Wildman–Crippen LogP) is 2.74. The Kier molecular flexibility index (Phi) is 3.35. The third kappa shape index (κ3) is 2.18. The van der Waals surface area contributed by atoms with E-state index in [1.807, 2.05) is 17.9 Å². The number of nitrogens with zero attached hydrogens (tertiary/aromatic N) is 4. The molecule has 0 fully saturated rings. The van der Waals surface area contributed by atoms with Crippen LogP contribution in [0, 0.1) is 0 Å². The molecule has 0 saturated heterocycles. The summed E-state index contributed by atoms with van der Waals surface area (Å²) in [7, 11) is 1.95. The molecule has 2 aromatic heterocycles. The molecule has 6 heteroatoms. The second kappa shape index (κ2) is 5.00. The highest BCUT2D eigenvalue weighted by Gasteiger charge is 2.27. The van der Waals surface area contributed by atoms with Crippen LogP contribution in [0.1, 0.15) is 37.1 Å². The zero-order valence-electron chi connectivity index (χ0n) is 11.2. The van der Waals surface area contributed by atoms with Gasteiger partial charge in [-0.2, -0.15) is 10.2 Å². The highest BCUT2D eigenvalue weighted by Crippen LogP contribution is 2.36. The zero-order valence-corrected chi connectivity index (χ0v) is 12.8. The van der Waals surface area contributed by atoms with Crippen LogP contribution in [0.15, 0.2) is 16.9 Å². The summed E-state index contributed by atoms with van der Waals surface area (Å²) in [6.45, 7) is 3.15. The number of aryl methyl sites for hydroxylation is 2.